The summed E-state index contributed by atoms with van der Waals surface area (Å²) in [6.45, 7) is 0. The third kappa shape index (κ3) is 2.17. The van der Waals surface area contributed by atoms with Crippen LogP contribution in [0.4, 0.5) is 14.5 Å². The van der Waals surface area contributed by atoms with Crippen LogP contribution in [0.5, 0.6) is 0 Å². The van der Waals surface area contributed by atoms with Crippen molar-refractivity contribution in [3.05, 3.63) is 38.9 Å². The number of hydrogen-bond donors (Lipinski definition) is 1. The Hall–Kier alpha value is -2.56. The number of nitro groups is 1. The molecule has 1 rings (SSSR count). The van der Waals surface area contributed by atoms with Gasteiger partial charge >= 0.3 is 5.97 Å². The molecule has 0 fully saturated rings. The molecule has 88 valence electrons. The third-order valence-electron chi connectivity index (χ3n) is 1.97. The van der Waals surface area contributed by atoms with Gasteiger partial charge in [-0.25, -0.2) is 13.6 Å². The van der Waals surface area contributed by atoms with Crippen molar-refractivity contribution in [1.29, 1.82) is 5.26 Å². The lowest BCUT2D eigenvalue weighted by atomic mass is 10.00. The van der Waals surface area contributed by atoms with Gasteiger partial charge in [0, 0.05) is 11.6 Å². The molecule has 6 nitrogen and oxygen atoms in total. The summed E-state index contributed by atoms with van der Waals surface area (Å²) in [6, 6.07) is 2.59. The molecule has 1 aromatic rings. The molecule has 1 N–H and O–H groups in total. The minimum Gasteiger partial charge on any atom is -0.478 e. The summed E-state index contributed by atoms with van der Waals surface area (Å²) in [5, 5.41) is 27.9. The highest BCUT2D eigenvalue weighted by Crippen LogP contribution is 2.30. The van der Waals surface area contributed by atoms with Crippen LogP contribution in [0.15, 0.2) is 12.1 Å². The van der Waals surface area contributed by atoms with E-state index in [1.54, 1.807) is 0 Å². The fourth-order valence-electron chi connectivity index (χ4n) is 1.29. The number of carboxylic acids is 1. The van der Waals surface area contributed by atoms with Crippen LogP contribution >= 0.6 is 0 Å². The first-order valence-corrected chi connectivity index (χ1v) is 4.13. The molecule has 0 aromatic heterocycles. The maximum Gasteiger partial charge on any atom is 0.337 e. The molecule has 1 aromatic carbocycles. The van der Waals surface area contributed by atoms with Crippen LogP contribution in [0.2, 0.25) is 0 Å². The highest BCUT2D eigenvalue weighted by atomic mass is 19.3. The van der Waals surface area contributed by atoms with E-state index in [1.807, 2.05) is 0 Å². The summed E-state index contributed by atoms with van der Waals surface area (Å²) in [5.41, 5.74) is -3.63. The van der Waals surface area contributed by atoms with Gasteiger partial charge in [0.1, 0.15) is 11.6 Å². The van der Waals surface area contributed by atoms with Crippen LogP contribution in [0.1, 0.15) is 27.9 Å². The molecule has 0 aliphatic heterocycles. The summed E-state index contributed by atoms with van der Waals surface area (Å²) < 4.78 is 25.0. The molecule has 0 radical (unpaired) electrons. The molecule has 17 heavy (non-hydrogen) atoms. The summed E-state index contributed by atoms with van der Waals surface area (Å²) in [6.07, 6.45) is -3.13. The number of benzene rings is 1. The van der Waals surface area contributed by atoms with Gasteiger partial charge < -0.3 is 5.11 Å². The van der Waals surface area contributed by atoms with Crippen molar-refractivity contribution in [3.63, 3.8) is 0 Å². The zero-order valence-corrected chi connectivity index (χ0v) is 8.05. The number of aromatic carboxylic acids is 1. The number of carboxylic acid groups (broad SMARTS) is 1. The van der Waals surface area contributed by atoms with Gasteiger partial charge in [-0.3, -0.25) is 10.1 Å². The van der Waals surface area contributed by atoms with Crippen LogP contribution in [0.3, 0.4) is 0 Å². The predicted molar refractivity (Wildman–Crippen MR) is 49.7 cm³/mol. The van der Waals surface area contributed by atoms with Crippen LogP contribution in [-0.4, -0.2) is 16.0 Å². The Labute approximate surface area is 92.9 Å². The van der Waals surface area contributed by atoms with E-state index in [2.05, 4.69) is 0 Å². The topological polar surface area (TPSA) is 104 Å². The molecule has 0 saturated carbocycles. The van der Waals surface area contributed by atoms with Gasteiger partial charge in [-0.2, -0.15) is 5.26 Å². The second-order valence-electron chi connectivity index (χ2n) is 2.90. The second kappa shape index (κ2) is 4.52. The van der Waals surface area contributed by atoms with Crippen LogP contribution in [0, 0.1) is 21.4 Å². The largest absolute Gasteiger partial charge is 0.478 e. The number of nitro benzene ring substituents is 1. The molecular formula is C9H4F2N2O4. The summed E-state index contributed by atoms with van der Waals surface area (Å²) in [4.78, 5) is 20.3. The Kier molecular flexibility index (Phi) is 3.33. The van der Waals surface area contributed by atoms with E-state index in [0.717, 1.165) is 0 Å². The first-order valence-electron chi connectivity index (χ1n) is 4.13. The van der Waals surface area contributed by atoms with Crippen molar-refractivity contribution in [2.24, 2.45) is 0 Å². The fourth-order valence-corrected chi connectivity index (χ4v) is 1.29. The average molecular weight is 242 g/mol. The molecule has 0 spiro atoms. The Morgan fingerprint density at radius 1 is 1.53 bits per heavy atom. The van der Waals surface area contributed by atoms with Gasteiger partial charge in [-0.05, 0) is 6.07 Å². The molecule has 0 amide bonds. The number of carbonyl (C=O) groups is 1. The van der Waals surface area contributed by atoms with Gasteiger partial charge in [-0.1, -0.05) is 0 Å². The van der Waals surface area contributed by atoms with Crippen molar-refractivity contribution in [2.75, 3.05) is 0 Å². The van der Waals surface area contributed by atoms with Crippen molar-refractivity contribution in [3.8, 4) is 6.07 Å². The Morgan fingerprint density at radius 3 is 2.47 bits per heavy atom. The van der Waals surface area contributed by atoms with E-state index >= 15 is 0 Å². The molecule has 0 aliphatic carbocycles. The second-order valence-corrected chi connectivity index (χ2v) is 2.90. The van der Waals surface area contributed by atoms with Crippen molar-refractivity contribution in [1.82, 2.24) is 0 Å². The summed E-state index contributed by atoms with van der Waals surface area (Å²) >= 11 is 0. The van der Waals surface area contributed by atoms with E-state index in [-0.39, 0.29) is 0 Å². The third-order valence-corrected chi connectivity index (χ3v) is 1.97. The molecular weight excluding hydrogens is 238 g/mol. The highest BCUT2D eigenvalue weighted by molar-refractivity contribution is 5.94. The molecule has 0 bridgehead atoms. The van der Waals surface area contributed by atoms with Crippen LogP contribution in [0.25, 0.3) is 0 Å². The maximum atomic E-state index is 12.5. The van der Waals surface area contributed by atoms with Gasteiger partial charge in [0.05, 0.1) is 10.5 Å². The van der Waals surface area contributed by atoms with E-state index in [1.165, 1.54) is 6.07 Å². The Balaban J connectivity index is 3.69. The SMILES string of the molecule is N#Cc1c([N+](=O)[O-])ccc(C(F)F)c1C(=O)O. The minimum absolute atomic E-state index is 0.632. The van der Waals surface area contributed by atoms with Crippen molar-refractivity contribution in [2.45, 2.75) is 6.43 Å². The fraction of sp³-hybridized carbons (Fsp3) is 0.111. The first kappa shape index (κ1) is 12.5. The van der Waals surface area contributed by atoms with Gasteiger partial charge in [0.25, 0.3) is 12.1 Å². The smallest absolute Gasteiger partial charge is 0.337 e. The first-order chi connectivity index (χ1) is 7.90. The van der Waals surface area contributed by atoms with Crippen molar-refractivity contribution >= 4 is 11.7 Å². The molecule has 0 saturated heterocycles. The Morgan fingerprint density at radius 2 is 2.12 bits per heavy atom. The number of halogens is 2. The molecule has 0 heterocycles. The van der Waals surface area contributed by atoms with E-state index in [0.29, 0.717) is 12.1 Å². The monoisotopic (exact) mass is 242 g/mol. The number of alkyl halides is 2. The van der Waals surface area contributed by atoms with E-state index in [4.69, 9.17) is 10.4 Å². The van der Waals surface area contributed by atoms with Crippen LogP contribution < -0.4 is 0 Å². The number of nitrogens with zero attached hydrogens (tertiary/aromatic N) is 2. The van der Waals surface area contributed by atoms with E-state index < -0.39 is 39.7 Å². The number of nitriles is 1. The molecule has 0 atom stereocenters. The lowest BCUT2D eigenvalue weighted by molar-refractivity contribution is -0.385. The zero-order valence-electron chi connectivity index (χ0n) is 8.05. The summed E-state index contributed by atoms with van der Waals surface area (Å²) in [7, 11) is 0. The van der Waals surface area contributed by atoms with Gasteiger partial charge in [0.15, 0.2) is 0 Å². The normalized spacial score (nSPS) is 10.0. The predicted octanol–water partition coefficient (Wildman–Crippen LogP) is 2.10. The minimum atomic E-state index is -3.13. The van der Waals surface area contributed by atoms with Gasteiger partial charge in [-0.15, -0.1) is 0 Å². The molecule has 0 aliphatic rings. The lowest BCUT2D eigenvalue weighted by Crippen LogP contribution is -2.08. The van der Waals surface area contributed by atoms with Crippen LogP contribution in [-0.2, 0) is 0 Å². The lowest BCUT2D eigenvalue weighted by Gasteiger charge is -2.06. The number of rotatable bonds is 3. The molecule has 8 heteroatoms. The highest BCUT2D eigenvalue weighted by Gasteiger charge is 2.28. The van der Waals surface area contributed by atoms with Crippen molar-refractivity contribution < 1.29 is 23.6 Å². The number of hydrogen-bond acceptors (Lipinski definition) is 4. The summed E-state index contributed by atoms with van der Waals surface area (Å²) in [5.74, 6) is -1.81. The van der Waals surface area contributed by atoms with E-state index in [9.17, 15) is 23.7 Å². The molecule has 0 unspecified atom stereocenters. The quantitative estimate of drug-likeness (QED) is 0.645. The average Bonchev–Trinajstić information content (AvgIpc) is 2.26. The standard InChI is InChI=1S/C9H4F2N2O4/c10-8(11)4-1-2-6(13(16)17)5(3-12)7(4)9(14)15/h1-2,8H,(H,14,15). The zero-order chi connectivity index (χ0) is 13.2. The Bertz CT molecular complexity index is 537. The van der Waals surface area contributed by atoms with Gasteiger partial charge in [0.2, 0.25) is 0 Å². The maximum absolute atomic E-state index is 12.5.